The first-order valence-electron chi connectivity index (χ1n) is 7.73. The summed E-state index contributed by atoms with van der Waals surface area (Å²) in [5.41, 5.74) is 1.33. The number of rotatable bonds is 7. The molecular weight excluding hydrogens is 399 g/mol. The van der Waals surface area contributed by atoms with E-state index in [4.69, 9.17) is 0 Å². The second-order valence-electron chi connectivity index (χ2n) is 5.61. The van der Waals surface area contributed by atoms with Crippen molar-refractivity contribution in [2.75, 3.05) is 22.9 Å². The molecule has 0 aliphatic rings. The first-order chi connectivity index (χ1) is 13.0. The van der Waals surface area contributed by atoms with Crippen LogP contribution in [0.3, 0.4) is 0 Å². The number of aromatic nitrogens is 1. The average molecular weight is 415 g/mol. The molecule has 7 nitrogen and oxygen atoms in total. The summed E-state index contributed by atoms with van der Waals surface area (Å²) in [4.78, 5) is 15.6. The number of hydrogen-bond donors (Lipinski definition) is 2. The number of carbonyl (C=O) groups excluding carboxylic acids is 1. The van der Waals surface area contributed by atoms with E-state index in [-0.39, 0.29) is 11.6 Å². The van der Waals surface area contributed by atoms with Gasteiger partial charge in [-0.3, -0.25) is 9.52 Å². The van der Waals surface area contributed by atoms with Gasteiger partial charge in [0.05, 0.1) is 18.1 Å². The molecule has 0 aliphatic carbocycles. The molecule has 0 radical (unpaired) electrons. The normalized spacial score (nSPS) is 12.0. The van der Waals surface area contributed by atoms with Crippen LogP contribution in [0.2, 0.25) is 0 Å². The smallest absolute Gasteiger partial charge is 0.422 e. The Hall–Kier alpha value is -3.08. The van der Waals surface area contributed by atoms with E-state index in [9.17, 15) is 26.4 Å². The Kier molecular flexibility index (Phi) is 6.62. The zero-order valence-electron chi connectivity index (χ0n) is 14.5. The monoisotopic (exact) mass is 415 g/mol. The number of amides is 1. The van der Waals surface area contributed by atoms with Gasteiger partial charge in [0.25, 0.3) is 0 Å². The maximum Gasteiger partial charge on any atom is 0.422 e. The van der Waals surface area contributed by atoms with Crippen molar-refractivity contribution in [3.63, 3.8) is 0 Å². The van der Waals surface area contributed by atoms with Crippen LogP contribution in [0.4, 0.5) is 24.5 Å². The molecule has 1 heterocycles. The Morgan fingerprint density at radius 1 is 1.14 bits per heavy atom. The molecule has 0 saturated heterocycles. The number of carbonyl (C=O) groups is 1. The number of nitrogens with one attached hydrogen (secondary N) is 2. The Morgan fingerprint density at radius 3 is 2.32 bits per heavy atom. The van der Waals surface area contributed by atoms with Crippen LogP contribution < -0.4 is 14.8 Å². The van der Waals surface area contributed by atoms with Crippen molar-refractivity contribution in [2.24, 2.45) is 0 Å². The lowest BCUT2D eigenvalue weighted by atomic mass is 10.2. The molecule has 1 aromatic heterocycles. The van der Waals surface area contributed by atoms with E-state index < -0.39 is 28.7 Å². The highest BCUT2D eigenvalue weighted by Gasteiger charge is 2.28. The van der Waals surface area contributed by atoms with Gasteiger partial charge in [-0.15, -0.1) is 0 Å². The second kappa shape index (κ2) is 8.74. The van der Waals surface area contributed by atoms with Crippen LogP contribution in [-0.2, 0) is 14.8 Å². The molecule has 1 amide bonds. The number of ether oxygens (including phenoxy) is 1. The number of alkyl halides is 3. The van der Waals surface area contributed by atoms with E-state index >= 15 is 0 Å². The van der Waals surface area contributed by atoms with Crippen LogP contribution in [0, 0.1) is 0 Å². The number of anilines is 2. The van der Waals surface area contributed by atoms with E-state index in [1.807, 2.05) is 0 Å². The topological polar surface area (TPSA) is 97.4 Å². The molecular formula is C17H16F3N3O4S. The Morgan fingerprint density at radius 2 is 1.79 bits per heavy atom. The maximum absolute atomic E-state index is 12.1. The van der Waals surface area contributed by atoms with E-state index in [0.29, 0.717) is 11.3 Å². The summed E-state index contributed by atoms with van der Waals surface area (Å²) in [6.07, 6.45) is 0.497. The third-order valence-corrected chi connectivity index (χ3v) is 3.64. The zero-order chi connectivity index (χ0) is 20.8. The summed E-state index contributed by atoms with van der Waals surface area (Å²) in [7, 11) is -3.37. The molecule has 0 saturated carbocycles. The molecule has 11 heteroatoms. The van der Waals surface area contributed by atoms with Gasteiger partial charge >= 0.3 is 6.18 Å². The molecule has 0 aliphatic heterocycles. The van der Waals surface area contributed by atoms with Crippen molar-refractivity contribution >= 4 is 33.4 Å². The zero-order valence-corrected chi connectivity index (χ0v) is 15.3. The predicted octanol–water partition coefficient (Wildman–Crippen LogP) is 3.05. The Bertz CT molecular complexity index is 941. The van der Waals surface area contributed by atoms with E-state index in [0.717, 1.165) is 6.26 Å². The van der Waals surface area contributed by atoms with Gasteiger partial charge in [0.2, 0.25) is 21.8 Å². The highest BCUT2D eigenvalue weighted by Crippen LogP contribution is 2.18. The molecule has 0 atom stereocenters. The lowest BCUT2D eigenvalue weighted by Gasteiger charge is -2.08. The molecule has 2 aromatic rings. The van der Waals surface area contributed by atoms with Gasteiger partial charge in [-0.05, 0) is 29.8 Å². The van der Waals surface area contributed by atoms with Crippen LogP contribution in [0.25, 0.3) is 6.08 Å². The third kappa shape index (κ3) is 8.08. The minimum atomic E-state index is -4.46. The lowest BCUT2D eigenvalue weighted by Crippen LogP contribution is -2.19. The Balaban J connectivity index is 1.89. The van der Waals surface area contributed by atoms with Crippen molar-refractivity contribution in [1.82, 2.24) is 4.98 Å². The Labute approximate surface area is 159 Å². The average Bonchev–Trinajstić information content (AvgIpc) is 2.58. The summed E-state index contributed by atoms with van der Waals surface area (Å²) in [5, 5.41) is 2.50. The van der Waals surface area contributed by atoms with Crippen molar-refractivity contribution in [3.05, 3.63) is 54.2 Å². The SMILES string of the molecule is CS(=O)(=O)Nc1ccc(/C=C/C(=O)Nc2ccc(OCC(F)(F)F)nc2)cc1. The fourth-order valence-electron chi connectivity index (χ4n) is 1.93. The fraction of sp³-hybridized carbons (Fsp3) is 0.176. The summed E-state index contributed by atoms with van der Waals surface area (Å²) in [5.74, 6) is -0.697. The second-order valence-corrected chi connectivity index (χ2v) is 7.36. The van der Waals surface area contributed by atoms with Crippen LogP contribution in [-0.4, -0.2) is 38.3 Å². The highest BCUT2D eigenvalue weighted by atomic mass is 32.2. The molecule has 0 spiro atoms. The van der Waals surface area contributed by atoms with Gasteiger partial charge in [-0.25, -0.2) is 13.4 Å². The summed E-state index contributed by atoms with van der Waals surface area (Å²) in [6.45, 7) is -1.45. The summed E-state index contributed by atoms with van der Waals surface area (Å²) < 4.78 is 65.2. The summed E-state index contributed by atoms with van der Waals surface area (Å²) >= 11 is 0. The maximum atomic E-state index is 12.1. The molecule has 2 N–H and O–H groups in total. The number of hydrogen-bond acceptors (Lipinski definition) is 5. The fourth-order valence-corrected chi connectivity index (χ4v) is 2.49. The molecule has 1 aromatic carbocycles. The number of pyridine rings is 1. The lowest BCUT2D eigenvalue weighted by molar-refractivity contribution is -0.154. The van der Waals surface area contributed by atoms with Crippen molar-refractivity contribution in [2.45, 2.75) is 6.18 Å². The number of benzene rings is 1. The molecule has 0 unspecified atom stereocenters. The first kappa shape index (κ1) is 21.2. The van der Waals surface area contributed by atoms with Crippen molar-refractivity contribution in [3.8, 4) is 5.88 Å². The van der Waals surface area contributed by atoms with Gasteiger partial charge in [0.1, 0.15) is 0 Å². The van der Waals surface area contributed by atoms with Gasteiger partial charge < -0.3 is 10.1 Å². The molecule has 0 fully saturated rings. The van der Waals surface area contributed by atoms with Crippen LogP contribution in [0.5, 0.6) is 5.88 Å². The van der Waals surface area contributed by atoms with Gasteiger partial charge in [-0.1, -0.05) is 12.1 Å². The number of sulfonamides is 1. The third-order valence-electron chi connectivity index (χ3n) is 3.03. The molecule has 150 valence electrons. The summed E-state index contributed by atoms with van der Waals surface area (Å²) in [6, 6.07) is 8.89. The van der Waals surface area contributed by atoms with Gasteiger partial charge in [-0.2, -0.15) is 13.2 Å². The van der Waals surface area contributed by atoms with Gasteiger partial charge in [0, 0.05) is 17.8 Å². The molecule has 2 rings (SSSR count). The van der Waals surface area contributed by atoms with Crippen molar-refractivity contribution < 1.29 is 31.1 Å². The minimum absolute atomic E-state index is 0.214. The van der Waals surface area contributed by atoms with Crippen molar-refractivity contribution in [1.29, 1.82) is 0 Å². The van der Waals surface area contributed by atoms with Crippen LogP contribution in [0.15, 0.2) is 48.7 Å². The number of nitrogens with zero attached hydrogens (tertiary/aromatic N) is 1. The molecule has 28 heavy (non-hydrogen) atoms. The quantitative estimate of drug-likeness (QED) is 0.678. The van der Waals surface area contributed by atoms with E-state index in [2.05, 4.69) is 19.8 Å². The van der Waals surface area contributed by atoms with E-state index in [1.54, 1.807) is 24.3 Å². The standard InChI is InChI=1S/C17H16F3N3O4S/c1-28(25,26)23-13-5-2-12(3-6-13)4-8-15(24)22-14-7-9-16(21-10-14)27-11-17(18,19)20/h2-10,23H,11H2,1H3,(H,22,24)/b8-4+. The highest BCUT2D eigenvalue weighted by molar-refractivity contribution is 7.92. The first-order valence-corrected chi connectivity index (χ1v) is 9.62. The minimum Gasteiger partial charge on any atom is -0.468 e. The number of halogens is 3. The van der Waals surface area contributed by atoms with Crippen LogP contribution in [0.1, 0.15) is 5.56 Å². The van der Waals surface area contributed by atoms with Gasteiger partial charge in [0.15, 0.2) is 6.61 Å². The predicted molar refractivity (Wildman–Crippen MR) is 98.4 cm³/mol. The van der Waals surface area contributed by atoms with E-state index in [1.165, 1.54) is 30.5 Å². The largest absolute Gasteiger partial charge is 0.468 e. The molecule has 0 bridgehead atoms. The van der Waals surface area contributed by atoms with Crippen LogP contribution >= 0.6 is 0 Å².